The van der Waals surface area contributed by atoms with Crippen molar-refractivity contribution in [1.29, 1.82) is 0 Å². The summed E-state index contributed by atoms with van der Waals surface area (Å²) in [5.74, 6) is -0.0234. The van der Waals surface area contributed by atoms with Gasteiger partial charge in [0.1, 0.15) is 4.90 Å². The molecule has 1 amide bonds. The maximum absolute atomic E-state index is 12.0. The van der Waals surface area contributed by atoms with Crippen LogP contribution < -0.4 is 5.32 Å². The van der Waals surface area contributed by atoms with E-state index in [2.05, 4.69) is 35.1 Å². The number of nitrogens with one attached hydrogen (secondary N) is 1. The lowest BCUT2D eigenvalue weighted by atomic mass is 9.92. The summed E-state index contributed by atoms with van der Waals surface area (Å²) in [6, 6.07) is 1.12. The van der Waals surface area contributed by atoms with E-state index in [1.807, 2.05) is 0 Å². The lowest BCUT2D eigenvalue weighted by Crippen LogP contribution is -2.32. The molecule has 20 heavy (non-hydrogen) atoms. The van der Waals surface area contributed by atoms with Gasteiger partial charge in [-0.05, 0) is 40.1 Å². The SMILES string of the molecule is CC(C)C1(CNC(=O)c2cc(S(=O)(=O)Cl)c(Br)o2)CC1. The minimum Gasteiger partial charge on any atom is -0.443 e. The molecule has 5 nitrogen and oxygen atoms in total. The van der Waals surface area contributed by atoms with Crippen LogP contribution in [0.15, 0.2) is 20.0 Å². The summed E-state index contributed by atoms with van der Waals surface area (Å²) in [7, 11) is 1.29. The fourth-order valence-corrected chi connectivity index (χ4v) is 4.13. The Labute approximate surface area is 130 Å². The first-order valence-electron chi connectivity index (χ1n) is 6.18. The van der Waals surface area contributed by atoms with E-state index in [4.69, 9.17) is 15.1 Å². The molecule has 0 radical (unpaired) electrons. The molecule has 0 saturated heterocycles. The van der Waals surface area contributed by atoms with E-state index < -0.39 is 15.0 Å². The standard InChI is InChI=1S/C12H15BrClNO4S/c1-7(2)12(3-4-12)6-15-11(16)8-5-9(10(13)19-8)20(14,17)18/h5,7H,3-4,6H2,1-2H3,(H,15,16). The monoisotopic (exact) mass is 383 g/mol. The van der Waals surface area contributed by atoms with Gasteiger partial charge in [0.2, 0.25) is 0 Å². The Morgan fingerprint density at radius 2 is 2.15 bits per heavy atom. The van der Waals surface area contributed by atoms with Crippen LogP contribution in [0.25, 0.3) is 0 Å². The van der Waals surface area contributed by atoms with Crippen molar-refractivity contribution in [2.75, 3.05) is 6.54 Å². The molecule has 1 heterocycles. The van der Waals surface area contributed by atoms with Gasteiger partial charge in [0.25, 0.3) is 15.0 Å². The lowest BCUT2D eigenvalue weighted by molar-refractivity contribution is 0.0910. The van der Waals surface area contributed by atoms with E-state index in [0.29, 0.717) is 12.5 Å². The molecule has 0 atom stereocenters. The van der Waals surface area contributed by atoms with Crippen molar-refractivity contribution in [2.45, 2.75) is 31.6 Å². The van der Waals surface area contributed by atoms with Gasteiger partial charge in [-0.15, -0.1) is 0 Å². The highest BCUT2D eigenvalue weighted by molar-refractivity contribution is 9.10. The van der Waals surface area contributed by atoms with E-state index >= 15 is 0 Å². The minimum absolute atomic E-state index is 0.0670. The summed E-state index contributed by atoms with van der Waals surface area (Å²) >= 11 is 2.94. The van der Waals surface area contributed by atoms with Gasteiger partial charge >= 0.3 is 0 Å². The van der Waals surface area contributed by atoms with Crippen molar-refractivity contribution < 1.29 is 17.6 Å². The first kappa shape index (κ1) is 15.9. The highest BCUT2D eigenvalue weighted by atomic mass is 79.9. The second-order valence-corrected chi connectivity index (χ2v) is 8.64. The molecular weight excluding hydrogens is 370 g/mol. The number of rotatable bonds is 5. The van der Waals surface area contributed by atoms with E-state index in [1.165, 1.54) is 0 Å². The summed E-state index contributed by atoms with van der Waals surface area (Å²) in [5.41, 5.74) is 0.168. The fourth-order valence-electron chi connectivity index (χ4n) is 2.09. The first-order valence-corrected chi connectivity index (χ1v) is 9.28. The van der Waals surface area contributed by atoms with E-state index in [0.717, 1.165) is 18.9 Å². The van der Waals surface area contributed by atoms with Crippen molar-refractivity contribution in [3.63, 3.8) is 0 Å². The van der Waals surface area contributed by atoms with Crippen LogP contribution >= 0.6 is 26.6 Å². The third kappa shape index (κ3) is 3.20. The molecule has 2 rings (SSSR count). The number of hydrogen-bond donors (Lipinski definition) is 1. The average molecular weight is 385 g/mol. The fraction of sp³-hybridized carbons (Fsp3) is 0.583. The minimum atomic E-state index is -3.94. The molecule has 1 fully saturated rings. The molecule has 0 aliphatic heterocycles. The van der Waals surface area contributed by atoms with Crippen LogP contribution in [0.5, 0.6) is 0 Å². The van der Waals surface area contributed by atoms with E-state index in [-0.39, 0.29) is 20.7 Å². The van der Waals surface area contributed by atoms with Crippen molar-refractivity contribution >= 4 is 41.6 Å². The topological polar surface area (TPSA) is 76.4 Å². The van der Waals surface area contributed by atoms with Gasteiger partial charge in [0, 0.05) is 23.3 Å². The zero-order valence-corrected chi connectivity index (χ0v) is 14.2. The zero-order valence-electron chi connectivity index (χ0n) is 11.1. The number of furan rings is 1. The molecule has 0 unspecified atom stereocenters. The van der Waals surface area contributed by atoms with Gasteiger partial charge in [-0.2, -0.15) is 0 Å². The largest absolute Gasteiger partial charge is 0.443 e. The molecule has 0 spiro atoms. The molecule has 112 valence electrons. The van der Waals surface area contributed by atoms with Crippen molar-refractivity contribution in [1.82, 2.24) is 5.32 Å². The van der Waals surface area contributed by atoms with E-state index in [1.54, 1.807) is 0 Å². The third-order valence-electron chi connectivity index (χ3n) is 3.86. The lowest BCUT2D eigenvalue weighted by Gasteiger charge is -2.19. The molecule has 0 aromatic carbocycles. The zero-order chi connectivity index (χ0) is 15.1. The second-order valence-electron chi connectivity index (χ2n) is 5.39. The molecule has 1 aromatic heterocycles. The molecule has 1 aliphatic rings. The Bertz CT molecular complexity index is 634. The van der Waals surface area contributed by atoms with Crippen molar-refractivity contribution in [3.05, 3.63) is 16.5 Å². The van der Waals surface area contributed by atoms with Gasteiger partial charge in [-0.25, -0.2) is 8.42 Å². The molecular formula is C12H15BrClNO4S. The summed E-state index contributed by atoms with van der Waals surface area (Å²) in [5, 5.41) is 2.78. The van der Waals surface area contributed by atoms with Crippen LogP contribution in [-0.4, -0.2) is 20.9 Å². The van der Waals surface area contributed by atoms with Gasteiger partial charge in [-0.1, -0.05) is 13.8 Å². The first-order chi connectivity index (χ1) is 9.16. The Morgan fingerprint density at radius 1 is 1.55 bits per heavy atom. The van der Waals surface area contributed by atoms with Crippen LogP contribution in [0.3, 0.4) is 0 Å². The second kappa shape index (κ2) is 5.35. The molecule has 1 saturated carbocycles. The van der Waals surface area contributed by atoms with Crippen LogP contribution in [0, 0.1) is 11.3 Å². The summed E-state index contributed by atoms with van der Waals surface area (Å²) in [6.45, 7) is 4.81. The molecule has 0 bridgehead atoms. The summed E-state index contributed by atoms with van der Waals surface area (Å²) in [6.07, 6.45) is 2.18. The summed E-state index contributed by atoms with van der Waals surface area (Å²) in [4.78, 5) is 11.7. The van der Waals surface area contributed by atoms with Gasteiger partial charge in [0.05, 0.1) is 0 Å². The van der Waals surface area contributed by atoms with Gasteiger partial charge in [-0.3, -0.25) is 4.79 Å². The highest BCUT2D eigenvalue weighted by Crippen LogP contribution is 2.51. The normalized spacial score (nSPS) is 17.2. The van der Waals surface area contributed by atoms with Crippen LogP contribution in [-0.2, 0) is 9.05 Å². The third-order valence-corrected chi connectivity index (χ3v) is 6.04. The molecule has 1 N–H and O–H groups in total. The van der Waals surface area contributed by atoms with Crippen LogP contribution in [0.4, 0.5) is 0 Å². The quantitative estimate of drug-likeness (QED) is 0.791. The predicted octanol–water partition coefficient (Wildman–Crippen LogP) is 3.14. The van der Waals surface area contributed by atoms with Crippen LogP contribution in [0.2, 0.25) is 0 Å². The number of amides is 1. The Kier molecular flexibility index (Phi) is 4.24. The number of halogens is 2. The van der Waals surface area contributed by atoms with Crippen LogP contribution in [0.1, 0.15) is 37.2 Å². The highest BCUT2D eigenvalue weighted by Gasteiger charge is 2.45. The smallest absolute Gasteiger partial charge is 0.287 e. The number of carbonyl (C=O) groups excluding carboxylic acids is 1. The number of carbonyl (C=O) groups is 1. The predicted molar refractivity (Wildman–Crippen MR) is 78.3 cm³/mol. The van der Waals surface area contributed by atoms with Gasteiger partial charge < -0.3 is 9.73 Å². The summed E-state index contributed by atoms with van der Waals surface area (Å²) < 4.78 is 27.5. The molecule has 1 aliphatic carbocycles. The van der Waals surface area contributed by atoms with Crippen molar-refractivity contribution in [2.24, 2.45) is 11.3 Å². The average Bonchev–Trinajstić information content (AvgIpc) is 3.01. The van der Waals surface area contributed by atoms with Crippen molar-refractivity contribution in [3.8, 4) is 0 Å². The maximum Gasteiger partial charge on any atom is 0.287 e. The van der Waals surface area contributed by atoms with E-state index in [9.17, 15) is 13.2 Å². The Hall–Kier alpha value is -0.530. The Morgan fingerprint density at radius 3 is 2.55 bits per heavy atom. The number of hydrogen-bond acceptors (Lipinski definition) is 4. The maximum atomic E-state index is 12.0. The molecule has 8 heteroatoms. The Balaban J connectivity index is 2.07. The molecule has 1 aromatic rings. The van der Waals surface area contributed by atoms with Gasteiger partial charge in [0.15, 0.2) is 10.4 Å².